The van der Waals surface area contributed by atoms with Crippen molar-refractivity contribution < 1.29 is 19.2 Å². The second kappa shape index (κ2) is 8.48. The van der Waals surface area contributed by atoms with Crippen molar-refractivity contribution in [2.45, 2.75) is 13.8 Å². The summed E-state index contributed by atoms with van der Waals surface area (Å²) in [5.41, 5.74) is 0.190. The highest BCUT2D eigenvalue weighted by Gasteiger charge is 2.22. The number of benzene rings is 2. The number of nitriles is 1. The number of anilines is 1. The second-order valence-corrected chi connectivity index (χ2v) is 5.09. The average Bonchev–Trinajstić information content (AvgIpc) is 2.63. The average molecular weight is 355 g/mol. The van der Waals surface area contributed by atoms with E-state index >= 15 is 0 Å². The molecule has 26 heavy (non-hydrogen) atoms. The van der Waals surface area contributed by atoms with Crippen molar-refractivity contribution in [3.63, 3.8) is 0 Å². The van der Waals surface area contributed by atoms with Gasteiger partial charge in [0.1, 0.15) is 5.69 Å². The highest BCUT2D eigenvalue weighted by atomic mass is 16.6. The highest BCUT2D eigenvalue weighted by Crippen LogP contribution is 2.38. The van der Waals surface area contributed by atoms with Gasteiger partial charge in [0.25, 0.3) is 11.6 Å². The summed E-state index contributed by atoms with van der Waals surface area (Å²) >= 11 is 0. The Hall–Kier alpha value is -3.60. The standard InChI is InChI=1S/C18H17N3O5/c1-3-25-16-9-14(15(21(23)24)10-17(16)26-4-2)20-18(22)13-7-5-6-12(8-13)11-19/h5-10H,3-4H2,1-2H3,(H,20,22). The molecule has 0 aliphatic rings. The van der Waals surface area contributed by atoms with Crippen LogP contribution in [0.1, 0.15) is 29.8 Å². The fourth-order valence-electron chi connectivity index (χ4n) is 2.26. The van der Waals surface area contributed by atoms with Crippen LogP contribution in [0.4, 0.5) is 11.4 Å². The van der Waals surface area contributed by atoms with Crippen LogP contribution in [0, 0.1) is 21.4 Å². The number of rotatable bonds is 7. The van der Waals surface area contributed by atoms with Crippen LogP contribution in [0.15, 0.2) is 36.4 Å². The summed E-state index contributed by atoms with van der Waals surface area (Å²) in [6.07, 6.45) is 0. The summed E-state index contributed by atoms with van der Waals surface area (Å²) in [7, 11) is 0. The van der Waals surface area contributed by atoms with Gasteiger partial charge in [0.05, 0.1) is 35.8 Å². The molecule has 0 fully saturated rings. The van der Waals surface area contributed by atoms with E-state index in [0.717, 1.165) is 0 Å². The molecular formula is C18H17N3O5. The first kappa shape index (κ1) is 18.7. The molecule has 8 heteroatoms. The van der Waals surface area contributed by atoms with Crippen molar-refractivity contribution in [1.82, 2.24) is 0 Å². The number of nitro groups is 1. The van der Waals surface area contributed by atoms with E-state index in [1.165, 1.54) is 24.3 Å². The van der Waals surface area contributed by atoms with E-state index in [0.29, 0.717) is 24.5 Å². The molecule has 2 aromatic rings. The van der Waals surface area contributed by atoms with Crippen molar-refractivity contribution in [2.75, 3.05) is 18.5 Å². The Bertz CT molecular complexity index is 874. The lowest BCUT2D eigenvalue weighted by Gasteiger charge is -2.13. The summed E-state index contributed by atoms with van der Waals surface area (Å²) in [5, 5.41) is 22.8. The van der Waals surface area contributed by atoms with Gasteiger partial charge in [-0.1, -0.05) is 6.07 Å². The summed E-state index contributed by atoms with van der Waals surface area (Å²) in [4.78, 5) is 23.2. The van der Waals surface area contributed by atoms with Crippen LogP contribution in [-0.4, -0.2) is 24.0 Å². The highest BCUT2D eigenvalue weighted by molar-refractivity contribution is 6.05. The van der Waals surface area contributed by atoms with E-state index < -0.39 is 10.8 Å². The monoisotopic (exact) mass is 355 g/mol. The summed E-state index contributed by atoms with van der Waals surface area (Å²) in [6.45, 7) is 4.15. The predicted molar refractivity (Wildman–Crippen MR) is 94.5 cm³/mol. The van der Waals surface area contributed by atoms with E-state index in [1.807, 2.05) is 6.07 Å². The summed E-state index contributed by atoms with van der Waals surface area (Å²) in [5.74, 6) is -0.0524. The molecule has 0 heterocycles. The molecule has 2 aromatic carbocycles. The Morgan fingerprint density at radius 2 is 1.85 bits per heavy atom. The van der Waals surface area contributed by atoms with Crippen molar-refractivity contribution in [1.29, 1.82) is 5.26 Å². The van der Waals surface area contributed by atoms with Crippen LogP contribution in [-0.2, 0) is 0 Å². The zero-order chi connectivity index (χ0) is 19.1. The Morgan fingerprint density at radius 1 is 1.19 bits per heavy atom. The maximum absolute atomic E-state index is 12.4. The van der Waals surface area contributed by atoms with Gasteiger partial charge in [-0.05, 0) is 32.0 Å². The van der Waals surface area contributed by atoms with Crippen molar-refractivity contribution >= 4 is 17.3 Å². The van der Waals surface area contributed by atoms with Gasteiger partial charge in [0.2, 0.25) is 0 Å². The van der Waals surface area contributed by atoms with Gasteiger partial charge in [-0.25, -0.2) is 0 Å². The molecule has 1 N–H and O–H groups in total. The number of nitrogens with one attached hydrogen (secondary N) is 1. The Kier molecular flexibility index (Phi) is 6.11. The second-order valence-electron chi connectivity index (χ2n) is 5.09. The molecule has 0 aliphatic carbocycles. The van der Waals surface area contributed by atoms with Gasteiger partial charge in [-0.3, -0.25) is 14.9 Å². The van der Waals surface area contributed by atoms with Crippen LogP contribution >= 0.6 is 0 Å². The van der Waals surface area contributed by atoms with Crippen LogP contribution < -0.4 is 14.8 Å². The zero-order valence-corrected chi connectivity index (χ0v) is 14.3. The Labute approximate surface area is 150 Å². The molecule has 0 atom stereocenters. The number of amides is 1. The molecule has 0 saturated carbocycles. The number of nitrogens with zero attached hydrogens (tertiary/aromatic N) is 2. The van der Waals surface area contributed by atoms with E-state index in [-0.39, 0.29) is 22.7 Å². The van der Waals surface area contributed by atoms with Crippen LogP contribution in [0.3, 0.4) is 0 Å². The first-order chi connectivity index (χ1) is 12.5. The number of nitro benzene ring substituents is 1. The first-order valence-corrected chi connectivity index (χ1v) is 7.89. The topological polar surface area (TPSA) is 114 Å². The third-order valence-corrected chi connectivity index (χ3v) is 3.36. The molecule has 0 aromatic heterocycles. The largest absolute Gasteiger partial charge is 0.490 e. The zero-order valence-electron chi connectivity index (χ0n) is 14.3. The fourth-order valence-corrected chi connectivity index (χ4v) is 2.26. The minimum Gasteiger partial charge on any atom is -0.490 e. The van der Waals surface area contributed by atoms with E-state index in [1.54, 1.807) is 26.0 Å². The van der Waals surface area contributed by atoms with Crippen LogP contribution in [0.2, 0.25) is 0 Å². The quantitative estimate of drug-likeness (QED) is 0.600. The lowest BCUT2D eigenvalue weighted by atomic mass is 10.1. The molecule has 0 unspecified atom stereocenters. The predicted octanol–water partition coefficient (Wildman–Crippen LogP) is 3.52. The van der Waals surface area contributed by atoms with Crippen molar-refractivity contribution in [3.05, 3.63) is 57.6 Å². The van der Waals surface area contributed by atoms with Gasteiger partial charge in [0, 0.05) is 11.6 Å². The summed E-state index contributed by atoms with van der Waals surface area (Å²) < 4.78 is 10.8. The van der Waals surface area contributed by atoms with Crippen LogP contribution in [0.5, 0.6) is 11.5 Å². The first-order valence-electron chi connectivity index (χ1n) is 7.89. The van der Waals surface area contributed by atoms with Gasteiger partial charge in [-0.2, -0.15) is 5.26 Å². The van der Waals surface area contributed by atoms with E-state index in [9.17, 15) is 14.9 Å². The molecule has 0 spiro atoms. The molecular weight excluding hydrogens is 338 g/mol. The van der Waals surface area contributed by atoms with Crippen LogP contribution in [0.25, 0.3) is 0 Å². The smallest absolute Gasteiger partial charge is 0.296 e. The SMILES string of the molecule is CCOc1cc(NC(=O)c2cccc(C#N)c2)c([N+](=O)[O-])cc1OCC. The Morgan fingerprint density at radius 3 is 2.42 bits per heavy atom. The molecule has 0 radical (unpaired) electrons. The molecule has 0 saturated heterocycles. The van der Waals surface area contributed by atoms with E-state index in [4.69, 9.17) is 14.7 Å². The maximum atomic E-state index is 12.4. The summed E-state index contributed by atoms with van der Waals surface area (Å²) in [6, 6.07) is 10.6. The number of carbonyl (C=O) groups excluding carboxylic acids is 1. The Balaban J connectivity index is 2.43. The molecule has 134 valence electrons. The molecule has 0 bridgehead atoms. The number of ether oxygens (including phenoxy) is 2. The van der Waals surface area contributed by atoms with Gasteiger partial charge >= 0.3 is 0 Å². The molecule has 0 aliphatic heterocycles. The van der Waals surface area contributed by atoms with E-state index in [2.05, 4.69) is 5.32 Å². The number of hydrogen-bond donors (Lipinski definition) is 1. The number of carbonyl (C=O) groups is 1. The molecule has 8 nitrogen and oxygen atoms in total. The minimum atomic E-state index is -0.612. The van der Waals surface area contributed by atoms with Gasteiger partial charge < -0.3 is 14.8 Å². The lowest BCUT2D eigenvalue weighted by molar-refractivity contribution is -0.384. The number of hydrogen-bond acceptors (Lipinski definition) is 6. The lowest BCUT2D eigenvalue weighted by Crippen LogP contribution is -2.14. The fraction of sp³-hybridized carbons (Fsp3) is 0.222. The maximum Gasteiger partial charge on any atom is 0.296 e. The third-order valence-electron chi connectivity index (χ3n) is 3.36. The van der Waals surface area contributed by atoms with Gasteiger partial charge in [0.15, 0.2) is 11.5 Å². The van der Waals surface area contributed by atoms with Crippen molar-refractivity contribution in [3.8, 4) is 17.6 Å². The minimum absolute atomic E-state index is 0.0192. The third kappa shape index (κ3) is 4.27. The van der Waals surface area contributed by atoms with Crippen molar-refractivity contribution in [2.24, 2.45) is 0 Å². The normalized spacial score (nSPS) is 9.88. The molecule has 1 amide bonds. The van der Waals surface area contributed by atoms with Gasteiger partial charge in [-0.15, -0.1) is 0 Å². The molecule has 2 rings (SSSR count).